The number of benzene rings is 1. The lowest BCUT2D eigenvalue weighted by Crippen LogP contribution is -2.45. The topological polar surface area (TPSA) is 66.8 Å². The van der Waals surface area contributed by atoms with Gasteiger partial charge in [-0.05, 0) is 0 Å². The Morgan fingerprint density at radius 1 is 1.08 bits per heavy atom. The van der Waals surface area contributed by atoms with Crippen molar-refractivity contribution >= 4 is 24.8 Å². The third kappa shape index (κ3) is 5.05. The summed E-state index contributed by atoms with van der Waals surface area (Å²) in [6.45, 7) is 3.63. The lowest BCUT2D eigenvalue weighted by molar-refractivity contribution is 0.169. The zero-order chi connectivity index (χ0) is 15.9. The Morgan fingerprint density at radius 2 is 1.62 bits per heavy atom. The average Bonchev–Trinajstić information content (AvgIpc) is 2.59. The largest absolute Gasteiger partial charge is 0.496 e. The van der Waals surface area contributed by atoms with Crippen LogP contribution in [0.1, 0.15) is 18.0 Å². The highest BCUT2D eigenvalue weighted by atomic mass is 35.5. The Kier molecular flexibility index (Phi) is 10.6. The van der Waals surface area contributed by atoms with E-state index in [9.17, 15) is 5.26 Å². The van der Waals surface area contributed by atoms with Gasteiger partial charge in [-0.1, -0.05) is 0 Å². The van der Waals surface area contributed by atoms with Crippen LogP contribution < -0.4 is 19.5 Å². The van der Waals surface area contributed by atoms with Gasteiger partial charge in [0.05, 0.1) is 45.4 Å². The molecule has 1 aromatic rings. The second-order valence-electron chi connectivity index (χ2n) is 5.11. The molecule has 0 amide bonds. The molecule has 2 rings (SSSR count). The van der Waals surface area contributed by atoms with Gasteiger partial charge in [-0.3, -0.25) is 4.90 Å². The van der Waals surface area contributed by atoms with Crippen molar-refractivity contribution < 1.29 is 14.2 Å². The number of nitrogens with zero attached hydrogens (tertiary/aromatic N) is 2. The fourth-order valence-electron chi connectivity index (χ4n) is 2.86. The van der Waals surface area contributed by atoms with Gasteiger partial charge < -0.3 is 19.5 Å². The van der Waals surface area contributed by atoms with Crippen molar-refractivity contribution in [2.75, 3.05) is 47.5 Å². The fraction of sp³-hybridized carbons (Fsp3) is 0.562. The number of piperazine rings is 1. The molecule has 0 unspecified atom stereocenters. The van der Waals surface area contributed by atoms with Crippen molar-refractivity contribution in [1.82, 2.24) is 10.2 Å². The second kappa shape index (κ2) is 11.2. The van der Waals surface area contributed by atoms with Gasteiger partial charge in [-0.2, -0.15) is 5.26 Å². The molecular formula is C16H25Cl2N3O3. The Balaban J connectivity index is 0.00000264. The van der Waals surface area contributed by atoms with Gasteiger partial charge in [0.15, 0.2) is 0 Å². The minimum Gasteiger partial charge on any atom is -0.496 e. The summed E-state index contributed by atoms with van der Waals surface area (Å²) in [7, 11) is 4.86. The molecule has 0 bridgehead atoms. The molecule has 0 aromatic heterocycles. The maximum atomic E-state index is 9.26. The summed E-state index contributed by atoms with van der Waals surface area (Å²) >= 11 is 0. The number of ether oxygens (including phenoxy) is 3. The van der Waals surface area contributed by atoms with E-state index in [0.717, 1.165) is 31.7 Å². The van der Waals surface area contributed by atoms with Crippen LogP contribution in [0.2, 0.25) is 0 Å². The smallest absolute Gasteiger partial charge is 0.131 e. The molecule has 1 N–H and O–H groups in total. The number of methoxy groups -OCH3 is 3. The second-order valence-corrected chi connectivity index (χ2v) is 5.11. The van der Waals surface area contributed by atoms with E-state index in [1.165, 1.54) is 0 Å². The third-order valence-electron chi connectivity index (χ3n) is 3.96. The van der Waals surface area contributed by atoms with Gasteiger partial charge in [0.25, 0.3) is 0 Å². The van der Waals surface area contributed by atoms with Crippen molar-refractivity contribution in [2.45, 2.75) is 12.5 Å². The molecule has 1 aliphatic heterocycles. The van der Waals surface area contributed by atoms with Gasteiger partial charge in [-0.25, -0.2) is 0 Å². The number of hydrogen-bond acceptors (Lipinski definition) is 6. The SMILES string of the molecule is COc1cc(OC)c([C@@H](CC#N)N2CCNCC2)c(OC)c1.Cl.Cl. The fourth-order valence-corrected chi connectivity index (χ4v) is 2.86. The van der Waals surface area contributed by atoms with Crippen molar-refractivity contribution in [3.05, 3.63) is 17.7 Å². The van der Waals surface area contributed by atoms with Gasteiger partial charge in [0.1, 0.15) is 17.2 Å². The maximum absolute atomic E-state index is 9.26. The lowest BCUT2D eigenvalue weighted by atomic mass is 9.99. The molecule has 1 atom stereocenters. The summed E-state index contributed by atoms with van der Waals surface area (Å²) in [5.41, 5.74) is 0.911. The van der Waals surface area contributed by atoms with Gasteiger partial charge in [0.2, 0.25) is 0 Å². The minimum atomic E-state index is -0.0529. The first-order valence-electron chi connectivity index (χ1n) is 7.36. The van der Waals surface area contributed by atoms with Crippen LogP contribution in [0.3, 0.4) is 0 Å². The van der Waals surface area contributed by atoms with Crippen LogP contribution in [0.15, 0.2) is 12.1 Å². The van der Waals surface area contributed by atoms with Crippen LogP contribution in [-0.2, 0) is 0 Å². The standard InChI is InChI=1S/C16H23N3O3.2ClH/c1-20-12-10-14(21-2)16(15(11-12)22-3)13(4-5-17)19-8-6-18-7-9-19;;/h10-11,13,18H,4,6-9H2,1-3H3;2*1H/t13-;;/m1../s1. The van der Waals surface area contributed by atoms with E-state index in [-0.39, 0.29) is 30.9 Å². The molecule has 1 aromatic carbocycles. The minimum absolute atomic E-state index is 0. The number of halogens is 2. The Hall–Kier alpha value is -1.39. The molecule has 1 fully saturated rings. The molecule has 0 spiro atoms. The van der Waals surface area contributed by atoms with E-state index in [4.69, 9.17) is 14.2 Å². The van der Waals surface area contributed by atoms with Crippen LogP contribution in [0.25, 0.3) is 0 Å². The molecule has 1 aliphatic rings. The highest BCUT2D eigenvalue weighted by molar-refractivity contribution is 5.85. The Morgan fingerprint density at radius 3 is 2.04 bits per heavy atom. The normalized spacial score (nSPS) is 15.2. The molecular weight excluding hydrogens is 353 g/mol. The van der Waals surface area contributed by atoms with Crippen LogP contribution in [0, 0.1) is 11.3 Å². The van der Waals surface area contributed by atoms with Crippen molar-refractivity contribution in [3.8, 4) is 23.3 Å². The first-order chi connectivity index (χ1) is 10.7. The first kappa shape index (κ1) is 22.6. The van der Waals surface area contributed by atoms with Crippen molar-refractivity contribution in [1.29, 1.82) is 5.26 Å². The molecule has 8 heteroatoms. The third-order valence-corrected chi connectivity index (χ3v) is 3.96. The van der Waals surface area contributed by atoms with Crippen LogP contribution >= 0.6 is 24.8 Å². The monoisotopic (exact) mass is 377 g/mol. The highest BCUT2D eigenvalue weighted by Gasteiger charge is 2.28. The summed E-state index contributed by atoms with van der Waals surface area (Å²) < 4.78 is 16.4. The van der Waals surface area contributed by atoms with E-state index in [2.05, 4.69) is 16.3 Å². The molecule has 136 valence electrons. The average molecular weight is 378 g/mol. The zero-order valence-electron chi connectivity index (χ0n) is 14.2. The van der Waals surface area contributed by atoms with E-state index in [1.54, 1.807) is 21.3 Å². The number of rotatable bonds is 6. The van der Waals surface area contributed by atoms with Gasteiger partial charge in [0, 0.05) is 38.3 Å². The Labute approximate surface area is 155 Å². The van der Waals surface area contributed by atoms with Crippen LogP contribution in [0.4, 0.5) is 0 Å². The summed E-state index contributed by atoms with van der Waals surface area (Å²) in [4.78, 5) is 2.30. The van der Waals surface area contributed by atoms with Gasteiger partial charge in [-0.15, -0.1) is 24.8 Å². The maximum Gasteiger partial charge on any atom is 0.131 e. The predicted octanol–water partition coefficient (Wildman–Crippen LogP) is 2.42. The van der Waals surface area contributed by atoms with Crippen LogP contribution in [-0.4, -0.2) is 52.4 Å². The van der Waals surface area contributed by atoms with E-state index in [1.807, 2.05) is 12.1 Å². The van der Waals surface area contributed by atoms with E-state index in [0.29, 0.717) is 23.7 Å². The predicted molar refractivity (Wildman–Crippen MR) is 98.0 cm³/mol. The molecule has 6 nitrogen and oxygen atoms in total. The highest BCUT2D eigenvalue weighted by Crippen LogP contribution is 2.41. The van der Waals surface area contributed by atoms with E-state index >= 15 is 0 Å². The zero-order valence-corrected chi connectivity index (χ0v) is 15.8. The number of nitriles is 1. The summed E-state index contributed by atoms with van der Waals surface area (Å²) in [5.74, 6) is 2.05. The van der Waals surface area contributed by atoms with Crippen molar-refractivity contribution in [3.63, 3.8) is 0 Å². The summed E-state index contributed by atoms with van der Waals surface area (Å²) in [6, 6.07) is 5.91. The van der Waals surface area contributed by atoms with Crippen molar-refractivity contribution in [2.24, 2.45) is 0 Å². The van der Waals surface area contributed by atoms with Gasteiger partial charge >= 0.3 is 0 Å². The Bertz CT molecular complexity index is 521. The molecule has 0 saturated carbocycles. The summed E-state index contributed by atoms with van der Waals surface area (Å²) in [6.07, 6.45) is 0.388. The lowest BCUT2D eigenvalue weighted by Gasteiger charge is -2.35. The number of nitrogens with one attached hydrogen (secondary N) is 1. The number of hydrogen-bond donors (Lipinski definition) is 1. The molecule has 0 aliphatic carbocycles. The quantitative estimate of drug-likeness (QED) is 0.820. The first-order valence-corrected chi connectivity index (χ1v) is 7.36. The molecule has 0 radical (unpaired) electrons. The van der Waals surface area contributed by atoms with E-state index < -0.39 is 0 Å². The summed E-state index contributed by atoms with van der Waals surface area (Å²) in [5, 5.41) is 12.6. The molecule has 24 heavy (non-hydrogen) atoms. The van der Waals surface area contributed by atoms with Crippen LogP contribution in [0.5, 0.6) is 17.2 Å². The molecule has 1 saturated heterocycles. The molecule has 1 heterocycles.